The number of carbonyl (C=O) groups is 1. The minimum absolute atomic E-state index is 0.0871. The molecular formula is C21H25N3O5S2. The number of nitrogens with zero attached hydrogens (tertiary/aromatic N) is 2. The molecule has 166 valence electrons. The maximum atomic E-state index is 13.0. The van der Waals surface area contributed by atoms with Gasteiger partial charge in [-0.2, -0.15) is 9.57 Å². The minimum atomic E-state index is -3.76. The summed E-state index contributed by atoms with van der Waals surface area (Å²) < 4.78 is 37.2. The van der Waals surface area contributed by atoms with Crippen molar-refractivity contribution in [1.82, 2.24) is 4.31 Å². The van der Waals surface area contributed by atoms with Crippen LogP contribution < -0.4 is 5.32 Å². The predicted molar refractivity (Wildman–Crippen MR) is 118 cm³/mol. The minimum Gasteiger partial charge on any atom is -0.383 e. The van der Waals surface area contributed by atoms with Crippen molar-refractivity contribution in [3.63, 3.8) is 0 Å². The summed E-state index contributed by atoms with van der Waals surface area (Å²) in [5.41, 5.74) is 1.89. The Morgan fingerprint density at radius 1 is 1.16 bits per heavy atom. The molecule has 31 heavy (non-hydrogen) atoms. The summed E-state index contributed by atoms with van der Waals surface area (Å²) in [5.74, 6) is -0.379. The molecule has 1 aromatic carbocycles. The number of methoxy groups -OCH3 is 2. The van der Waals surface area contributed by atoms with E-state index in [9.17, 15) is 18.5 Å². The topological polar surface area (TPSA) is 109 Å². The predicted octanol–water partition coefficient (Wildman–Crippen LogP) is 2.64. The van der Waals surface area contributed by atoms with Crippen LogP contribution in [0.3, 0.4) is 0 Å². The zero-order chi connectivity index (χ0) is 22.4. The Morgan fingerprint density at radius 3 is 2.39 bits per heavy atom. The number of hydrogen-bond donors (Lipinski definition) is 1. The highest BCUT2D eigenvalue weighted by atomic mass is 32.2. The van der Waals surface area contributed by atoms with E-state index in [2.05, 4.69) is 11.4 Å². The molecule has 0 aliphatic heterocycles. The van der Waals surface area contributed by atoms with Gasteiger partial charge in [0.2, 0.25) is 10.0 Å². The second-order valence-electron chi connectivity index (χ2n) is 7.04. The van der Waals surface area contributed by atoms with Crippen molar-refractivity contribution < 1.29 is 22.7 Å². The lowest BCUT2D eigenvalue weighted by Gasteiger charge is -2.21. The smallest absolute Gasteiger partial charge is 0.256 e. The molecule has 1 amide bonds. The Hall–Kier alpha value is -2.29. The standard InChI is InChI=1S/C21H25N3O5S2/c1-28-12-10-24(11-13-29-2)31(26,27)16-8-6-15(7-9-16)20(25)23-21-18(14-22)17-4-3-5-19(17)30-21/h6-9H,3-5,10-13H2,1-2H3,(H,23,25). The number of ether oxygens (including phenoxy) is 2. The zero-order valence-electron chi connectivity index (χ0n) is 17.5. The van der Waals surface area contributed by atoms with Crippen molar-refractivity contribution in [2.75, 3.05) is 45.8 Å². The van der Waals surface area contributed by atoms with Crippen LogP contribution in [0.5, 0.6) is 0 Å². The zero-order valence-corrected chi connectivity index (χ0v) is 19.1. The number of benzene rings is 1. The molecule has 0 saturated heterocycles. The van der Waals surface area contributed by atoms with E-state index in [0.717, 1.165) is 29.7 Å². The van der Waals surface area contributed by atoms with Crippen molar-refractivity contribution in [3.05, 3.63) is 45.8 Å². The number of nitriles is 1. The molecule has 0 unspecified atom stereocenters. The van der Waals surface area contributed by atoms with E-state index in [4.69, 9.17) is 9.47 Å². The molecule has 1 aromatic heterocycles. The second kappa shape index (κ2) is 10.3. The number of thiophene rings is 1. The first-order valence-electron chi connectivity index (χ1n) is 9.86. The Kier molecular flexibility index (Phi) is 7.80. The number of aryl methyl sites for hydroxylation is 1. The summed E-state index contributed by atoms with van der Waals surface area (Å²) in [6, 6.07) is 7.97. The van der Waals surface area contributed by atoms with Gasteiger partial charge < -0.3 is 14.8 Å². The van der Waals surface area contributed by atoms with E-state index in [1.165, 1.54) is 54.1 Å². The lowest BCUT2D eigenvalue weighted by molar-refractivity contribution is 0.102. The molecule has 2 aromatic rings. The molecular weight excluding hydrogens is 438 g/mol. The summed E-state index contributed by atoms with van der Waals surface area (Å²) in [6.45, 7) is 0.916. The Morgan fingerprint density at radius 2 is 1.81 bits per heavy atom. The number of hydrogen-bond acceptors (Lipinski definition) is 7. The number of anilines is 1. The van der Waals surface area contributed by atoms with Crippen LogP contribution in [0.25, 0.3) is 0 Å². The highest BCUT2D eigenvalue weighted by Gasteiger charge is 2.25. The van der Waals surface area contributed by atoms with Crippen LogP contribution in [0.4, 0.5) is 5.00 Å². The van der Waals surface area contributed by atoms with Gasteiger partial charge in [-0.3, -0.25) is 4.79 Å². The number of nitrogens with one attached hydrogen (secondary N) is 1. The fraction of sp³-hybridized carbons (Fsp3) is 0.429. The lowest BCUT2D eigenvalue weighted by Crippen LogP contribution is -2.36. The average Bonchev–Trinajstić information content (AvgIpc) is 3.34. The number of fused-ring (bicyclic) bond motifs is 1. The van der Waals surface area contributed by atoms with Gasteiger partial charge in [-0.1, -0.05) is 0 Å². The van der Waals surface area contributed by atoms with Gasteiger partial charge in [0.25, 0.3) is 5.91 Å². The molecule has 1 N–H and O–H groups in total. The van der Waals surface area contributed by atoms with Gasteiger partial charge in [-0.15, -0.1) is 11.3 Å². The van der Waals surface area contributed by atoms with Gasteiger partial charge >= 0.3 is 0 Å². The molecule has 1 aliphatic carbocycles. The molecule has 10 heteroatoms. The van der Waals surface area contributed by atoms with Crippen molar-refractivity contribution in [3.8, 4) is 6.07 Å². The fourth-order valence-corrected chi connectivity index (χ4v) is 6.09. The molecule has 1 aliphatic rings. The third-order valence-corrected chi connectivity index (χ3v) is 8.22. The van der Waals surface area contributed by atoms with Crippen LogP contribution in [0, 0.1) is 11.3 Å². The third-order valence-electron chi connectivity index (χ3n) is 5.10. The van der Waals surface area contributed by atoms with Crippen LogP contribution in [-0.4, -0.2) is 59.2 Å². The molecule has 0 fully saturated rings. The van der Waals surface area contributed by atoms with Crippen molar-refractivity contribution in [2.24, 2.45) is 0 Å². The van der Waals surface area contributed by atoms with Crippen molar-refractivity contribution >= 4 is 32.3 Å². The van der Waals surface area contributed by atoms with E-state index in [0.29, 0.717) is 16.1 Å². The number of carbonyl (C=O) groups excluding carboxylic acids is 1. The van der Waals surface area contributed by atoms with Crippen molar-refractivity contribution in [1.29, 1.82) is 5.26 Å². The summed E-state index contributed by atoms with van der Waals surface area (Å²) in [4.78, 5) is 13.9. The quantitative estimate of drug-likeness (QED) is 0.580. The SMILES string of the molecule is COCCN(CCOC)S(=O)(=O)c1ccc(C(=O)Nc2sc3c(c2C#N)CCC3)cc1. The monoisotopic (exact) mass is 463 g/mol. The molecule has 0 atom stereocenters. The van der Waals surface area contributed by atoms with E-state index in [1.807, 2.05) is 0 Å². The molecule has 0 spiro atoms. The molecule has 1 heterocycles. The number of rotatable bonds is 10. The molecule has 0 saturated carbocycles. The van der Waals surface area contributed by atoms with E-state index in [1.54, 1.807) is 0 Å². The summed E-state index contributed by atoms with van der Waals surface area (Å²) in [5, 5.41) is 12.8. The van der Waals surface area contributed by atoms with Gasteiger partial charge in [0.15, 0.2) is 0 Å². The maximum Gasteiger partial charge on any atom is 0.256 e. The van der Waals surface area contributed by atoms with Gasteiger partial charge in [-0.25, -0.2) is 8.42 Å². The molecule has 0 radical (unpaired) electrons. The average molecular weight is 464 g/mol. The van der Waals surface area contributed by atoms with E-state index in [-0.39, 0.29) is 37.1 Å². The first-order valence-corrected chi connectivity index (χ1v) is 12.1. The second-order valence-corrected chi connectivity index (χ2v) is 10.1. The molecule has 8 nitrogen and oxygen atoms in total. The summed E-state index contributed by atoms with van der Waals surface area (Å²) >= 11 is 1.44. The number of amides is 1. The Labute approximate surface area is 186 Å². The summed E-state index contributed by atoms with van der Waals surface area (Å²) in [7, 11) is -0.738. The van der Waals surface area contributed by atoms with Crippen LogP contribution in [-0.2, 0) is 32.3 Å². The largest absolute Gasteiger partial charge is 0.383 e. The highest BCUT2D eigenvalue weighted by Crippen LogP contribution is 2.38. The fourth-order valence-electron chi connectivity index (χ4n) is 3.45. The third kappa shape index (κ3) is 5.14. The summed E-state index contributed by atoms with van der Waals surface area (Å²) in [6.07, 6.45) is 2.82. The van der Waals surface area contributed by atoms with Gasteiger partial charge in [0.1, 0.15) is 11.1 Å². The van der Waals surface area contributed by atoms with Crippen molar-refractivity contribution in [2.45, 2.75) is 24.2 Å². The highest BCUT2D eigenvalue weighted by molar-refractivity contribution is 7.89. The van der Waals surface area contributed by atoms with Gasteiger partial charge in [0.05, 0.1) is 23.7 Å². The molecule has 3 rings (SSSR count). The van der Waals surface area contributed by atoms with E-state index >= 15 is 0 Å². The maximum absolute atomic E-state index is 13.0. The van der Waals surface area contributed by atoms with Gasteiger partial charge in [0, 0.05) is 37.7 Å². The normalized spacial score (nSPS) is 13.2. The van der Waals surface area contributed by atoms with Crippen LogP contribution in [0.15, 0.2) is 29.2 Å². The van der Waals surface area contributed by atoms with Crippen LogP contribution in [0.2, 0.25) is 0 Å². The first kappa shape index (κ1) is 23.4. The van der Waals surface area contributed by atoms with Gasteiger partial charge in [-0.05, 0) is 49.1 Å². The van der Waals surface area contributed by atoms with E-state index < -0.39 is 10.0 Å². The molecule has 0 bridgehead atoms. The first-order chi connectivity index (χ1) is 14.9. The lowest BCUT2D eigenvalue weighted by atomic mass is 10.1. The number of sulfonamides is 1. The Balaban J connectivity index is 1.76. The Bertz CT molecular complexity index is 1060. The van der Waals surface area contributed by atoms with Crippen LogP contribution in [0.1, 0.15) is 32.8 Å². The van der Waals surface area contributed by atoms with Crippen LogP contribution >= 0.6 is 11.3 Å².